The summed E-state index contributed by atoms with van der Waals surface area (Å²) >= 11 is 3.52. The van der Waals surface area contributed by atoms with E-state index in [4.69, 9.17) is 4.52 Å². The summed E-state index contributed by atoms with van der Waals surface area (Å²) in [5.74, 6) is 1.35. The van der Waals surface area contributed by atoms with Crippen LogP contribution in [-0.4, -0.2) is 15.2 Å². The molecule has 0 aliphatic rings. The van der Waals surface area contributed by atoms with Gasteiger partial charge in [-0.05, 0) is 42.3 Å². The summed E-state index contributed by atoms with van der Waals surface area (Å²) in [7, 11) is 0. The first-order valence-corrected chi connectivity index (χ1v) is 7.28. The molecule has 2 aromatic carbocycles. The molecule has 3 rings (SSSR count). The van der Waals surface area contributed by atoms with Gasteiger partial charge in [-0.1, -0.05) is 39.3 Å². The number of hydrogen-bond donors (Lipinski definition) is 1. The monoisotopic (exact) mass is 344 g/mol. The first kappa shape index (κ1) is 13.8. The summed E-state index contributed by atoms with van der Waals surface area (Å²) in [5, 5.41) is 13.3. The number of nitrogens with zero attached hydrogens (tertiary/aromatic N) is 2. The van der Waals surface area contributed by atoms with E-state index in [1.165, 1.54) is 5.56 Å². The second-order valence-corrected chi connectivity index (χ2v) is 5.69. The molecule has 0 atom stereocenters. The molecule has 21 heavy (non-hydrogen) atoms. The van der Waals surface area contributed by atoms with Crippen molar-refractivity contribution in [2.45, 2.75) is 13.3 Å². The topological polar surface area (TPSA) is 59.2 Å². The average Bonchev–Trinajstić information content (AvgIpc) is 2.90. The van der Waals surface area contributed by atoms with Gasteiger partial charge >= 0.3 is 0 Å². The van der Waals surface area contributed by atoms with Crippen LogP contribution < -0.4 is 0 Å². The second kappa shape index (κ2) is 5.69. The molecule has 1 N–H and O–H groups in total. The maximum Gasteiger partial charge on any atom is 0.231 e. The molecule has 0 saturated carbocycles. The third-order valence-corrected chi connectivity index (χ3v) is 3.78. The van der Waals surface area contributed by atoms with E-state index in [-0.39, 0.29) is 5.75 Å². The minimum atomic E-state index is 0.244. The highest BCUT2D eigenvalue weighted by Crippen LogP contribution is 2.27. The molecule has 3 aromatic rings. The van der Waals surface area contributed by atoms with Crippen LogP contribution in [0.4, 0.5) is 0 Å². The van der Waals surface area contributed by atoms with Crippen LogP contribution in [0, 0.1) is 6.92 Å². The predicted octanol–water partition coefficient (Wildman–Crippen LogP) is 4.10. The molecule has 0 aliphatic carbocycles. The van der Waals surface area contributed by atoms with E-state index in [9.17, 15) is 5.11 Å². The Kier molecular flexibility index (Phi) is 3.75. The Morgan fingerprint density at radius 2 is 1.90 bits per heavy atom. The lowest BCUT2D eigenvalue weighted by molar-refractivity contribution is 0.385. The molecule has 0 amide bonds. The Morgan fingerprint density at radius 1 is 1.14 bits per heavy atom. The van der Waals surface area contributed by atoms with Crippen molar-refractivity contribution in [1.29, 1.82) is 0 Å². The Hall–Kier alpha value is -2.14. The summed E-state index contributed by atoms with van der Waals surface area (Å²) in [6.07, 6.45) is 0.538. The average molecular weight is 345 g/mol. The second-order valence-electron chi connectivity index (χ2n) is 4.84. The van der Waals surface area contributed by atoms with Crippen LogP contribution in [0.5, 0.6) is 5.75 Å². The maximum atomic E-state index is 9.27. The molecular formula is C16H13BrN2O2. The van der Waals surface area contributed by atoms with Crippen molar-refractivity contribution in [3.8, 4) is 17.1 Å². The number of aromatic nitrogens is 2. The number of hydrogen-bond acceptors (Lipinski definition) is 4. The zero-order valence-electron chi connectivity index (χ0n) is 11.4. The van der Waals surface area contributed by atoms with E-state index < -0.39 is 0 Å². The quantitative estimate of drug-likeness (QED) is 0.776. The molecule has 0 bridgehead atoms. The van der Waals surface area contributed by atoms with Gasteiger partial charge in [0, 0.05) is 10.0 Å². The van der Waals surface area contributed by atoms with Gasteiger partial charge in [0.25, 0.3) is 0 Å². The molecule has 106 valence electrons. The Morgan fingerprint density at radius 3 is 2.62 bits per heavy atom. The normalized spacial score (nSPS) is 10.8. The smallest absolute Gasteiger partial charge is 0.231 e. The van der Waals surface area contributed by atoms with Crippen LogP contribution in [0.25, 0.3) is 11.4 Å². The van der Waals surface area contributed by atoms with Gasteiger partial charge in [0.05, 0.1) is 6.42 Å². The summed E-state index contributed by atoms with van der Waals surface area (Å²) in [5.41, 5.74) is 3.07. The fraction of sp³-hybridized carbons (Fsp3) is 0.125. The van der Waals surface area contributed by atoms with E-state index in [1.54, 1.807) is 12.1 Å². The highest BCUT2D eigenvalue weighted by Gasteiger charge is 2.12. The first-order chi connectivity index (χ1) is 10.1. The zero-order valence-corrected chi connectivity index (χ0v) is 13.0. The Labute approximate surface area is 130 Å². The molecule has 0 aliphatic heterocycles. The van der Waals surface area contributed by atoms with Gasteiger partial charge in [-0.15, -0.1) is 0 Å². The predicted molar refractivity (Wildman–Crippen MR) is 83.1 cm³/mol. The summed E-state index contributed by atoms with van der Waals surface area (Å²) in [4.78, 5) is 4.42. The third kappa shape index (κ3) is 3.13. The van der Waals surface area contributed by atoms with Crippen LogP contribution in [-0.2, 0) is 6.42 Å². The molecule has 0 saturated heterocycles. The molecular weight excluding hydrogens is 332 g/mol. The number of aryl methyl sites for hydroxylation is 1. The number of rotatable bonds is 3. The van der Waals surface area contributed by atoms with Crippen LogP contribution in [0.1, 0.15) is 17.0 Å². The van der Waals surface area contributed by atoms with Gasteiger partial charge in [-0.3, -0.25) is 0 Å². The summed E-state index contributed by atoms with van der Waals surface area (Å²) in [6, 6.07) is 12.9. The third-order valence-electron chi connectivity index (χ3n) is 3.13. The largest absolute Gasteiger partial charge is 0.508 e. The minimum absolute atomic E-state index is 0.244. The summed E-state index contributed by atoms with van der Waals surface area (Å²) < 4.78 is 6.24. The number of halogens is 1. The lowest BCUT2D eigenvalue weighted by atomic mass is 10.1. The molecule has 1 heterocycles. The van der Waals surface area contributed by atoms with E-state index in [2.05, 4.69) is 26.1 Å². The molecule has 0 radical (unpaired) electrons. The van der Waals surface area contributed by atoms with Crippen molar-refractivity contribution >= 4 is 15.9 Å². The van der Waals surface area contributed by atoms with E-state index in [1.807, 2.05) is 37.3 Å². The van der Waals surface area contributed by atoms with Gasteiger partial charge in [-0.25, -0.2) is 0 Å². The number of benzene rings is 2. The molecule has 4 nitrogen and oxygen atoms in total. The van der Waals surface area contributed by atoms with Crippen LogP contribution >= 0.6 is 15.9 Å². The highest BCUT2D eigenvalue weighted by atomic mass is 79.9. The molecule has 0 unspecified atom stereocenters. The maximum absolute atomic E-state index is 9.27. The first-order valence-electron chi connectivity index (χ1n) is 6.49. The fourth-order valence-electron chi connectivity index (χ4n) is 2.03. The highest BCUT2D eigenvalue weighted by molar-refractivity contribution is 9.10. The lowest BCUT2D eigenvalue weighted by Gasteiger charge is -2.00. The zero-order chi connectivity index (χ0) is 14.8. The van der Waals surface area contributed by atoms with Gasteiger partial charge in [-0.2, -0.15) is 4.98 Å². The molecule has 0 spiro atoms. The van der Waals surface area contributed by atoms with Crippen molar-refractivity contribution in [2.75, 3.05) is 0 Å². The standard InChI is InChI=1S/C16H13BrN2O2/c1-10-2-7-13(14(17)8-10)16-18-15(21-19-16)9-11-3-5-12(20)6-4-11/h2-8,20H,9H2,1H3. The summed E-state index contributed by atoms with van der Waals surface area (Å²) in [6.45, 7) is 2.03. The number of aromatic hydroxyl groups is 1. The van der Waals surface area contributed by atoms with Gasteiger partial charge in [0.2, 0.25) is 11.7 Å². The SMILES string of the molecule is Cc1ccc(-c2noc(Cc3ccc(O)cc3)n2)c(Br)c1. The van der Waals surface area contributed by atoms with Crippen LogP contribution in [0.15, 0.2) is 51.5 Å². The number of phenolic OH excluding ortho intramolecular Hbond substituents is 1. The van der Waals surface area contributed by atoms with Crippen LogP contribution in [0.2, 0.25) is 0 Å². The van der Waals surface area contributed by atoms with E-state index in [0.29, 0.717) is 18.1 Å². The lowest BCUT2D eigenvalue weighted by Crippen LogP contribution is -1.88. The van der Waals surface area contributed by atoms with Gasteiger partial charge in [0.1, 0.15) is 5.75 Å². The van der Waals surface area contributed by atoms with E-state index in [0.717, 1.165) is 15.6 Å². The Bertz CT molecular complexity index is 766. The molecule has 5 heteroatoms. The minimum Gasteiger partial charge on any atom is -0.508 e. The van der Waals surface area contributed by atoms with Crippen molar-refractivity contribution in [3.63, 3.8) is 0 Å². The van der Waals surface area contributed by atoms with Gasteiger partial charge < -0.3 is 9.63 Å². The fourth-order valence-corrected chi connectivity index (χ4v) is 2.70. The molecule has 1 aromatic heterocycles. The van der Waals surface area contributed by atoms with Crippen molar-refractivity contribution in [3.05, 3.63) is 64.0 Å². The van der Waals surface area contributed by atoms with Crippen molar-refractivity contribution < 1.29 is 9.63 Å². The van der Waals surface area contributed by atoms with Crippen molar-refractivity contribution in [2.24, 2.45) is 0 Å². The van der Waals surface area contributed by atoms with E-state index >= 15 is 0 Å². The molecule has 0 fully saturated rings. The Balaban J connectivity index is 1.84. The van der Waals surface area contributed by atoms with Crippen molar-refractivity contribution in [1.82, 2.24) is 10.1 Å². The number of phenols is 1. The van der Waals surface area contributed by atoms with Crippen LogP contribution in [0.3, 0.4) is 0 Å². The van der Waals surface area contributed by atoms with Gasteiger partial charge in [0.15, 0.2) is 0 Å².